The molecule has 1 unspecified atom stereocenters. The Hall–Kier alpha value is -1.02. The summed E-state index contributed by atoms with van der Waals surface area (Å²) in [6, 6.07) is 5.81. The van der Waals surface area contributed by atoms with Gasteiger partial charge < -0.3 is 4.90 Å². The predicted octanol–water partition coefficient (Wildman–Crippen LogP) is 3.39. The normalized spacial score (nSPS) is 12.3. The molecule has 0 heterocycles. The minimum atomic E-state index is 0.0606. The van der Waals surface area contributed by atoms with Gasteiger partial charge >= 0.3 is 0 Å². The zero-order chi connectivity index (χ0) is 13.0. The molecule has 0 bridgehead atoms. The third-order valence-electron chi connectivity index (χ3n) is 2.96. The molecule has 0 radical (unpaired) electrons. The first-order chi connectivity index (χ1) is 7.91. The van der Waals surface area contributed by atoms with Crippen molar-refractivity contribution in [3.05, 3.63) is 34.9 Å². The van der Waals surface area contributed by atoms with Gasteiger partial charge in [0.25, 0.3) is 5.91 Å². The van der Waals surface area contributed by atoms with Gasteiger partial charge in [-0.3, -0.25) is 4.79 Å². The lowest BCUT2D eigenvalue weighted by atomic mass is 10.1. The van der Waals surface area contributed by atoms with E-state index < -0.39 is 0 Å². The highest BCUT2D eigenvalue weighted by molar-refractivity contribution is 6.20. The van der Waals surface area contributed by atoms with E-state index in [0.717, 1.165) is 17.5 Å². The predicted molar refractivity (Wildman–Crippen MR) is 72.8 cm³/mol. The molecule has 0 aliphatic heterocycles. The summed E-state index contributed by atoms with van der Waals surface area (Å²) in [7, 11) is 1.82. The molecule has 1 aromatic rings. The van der Waals surface area contributed by atoms with Gasteiger partial charge in [0.1, 0.15) is 0 Å². The highest BCUT2D eigenvalue weighted by Crippen LogP contribution is 2.12. The molecule has 1 atom stereocenters. The topological polar surface area (TPSA) is 20.3 Å². The van der Waals surface area contributed by atoms with Gasteiger partial charge in [-0.1, -0.05) is 6.07 Å². The molecule has 0 saturated carbocycles. The van der Waals surface area contributed by atoms with Crippen LogP contribution in [0.1, 0.15) is 34.8 Å². The van der Waals surface area contributed by atoms with Crippen molar-refractivity contribution in [2.75, 3.05) is 13.6 Å². The molecule has 2 nitrogen and oxygen atoms in total. The number of alkyl halides is 1. The second-order valence-electron chi connectivity index (χ2n) is 4.60. The molecule has 0 N–H and O–H groups in total. The first-order valence-corrected chi connectivity index (χ1v) is 6.32. The Morgan fingerprint density at radius 2 is 2.00 bits per heavy atom. The highest BCUT2D eigenvalue weighted by atomic mass is 35.5. The van der Waals surface area contributed by atoms with Crippen LogP contribution in [0.4, 0.5) is 0 Å². The number of benzene rings is 1. The SMILES string of the molecule is Cc1ccc(C(=O)N(C)CCC(C)Cl)cc1C. The lowest BCUT2D eigenvalue weighted by molar-refractivity contribution is 0.0793. The van der Waals surface area contributed by atoms with Crippen LogP contribution in [0.3, 0.4) is 0 Å². The molecule has 3 heteroatoms. The van der Waals surface area contributed by atoms with Gasteiger partial charge in [-0.25, -0.2) is 0 Å². The standard InChI is InChI=1S/C14H20ClNO/c1-10-5-6-13(9-11(10)2)14(17)16(4)8-7-12(3)15/h5-6,9,12H,7-8H2,1-4H3. The van der Waals surface area contributed by atoms with E-state index in [4.69, 9.17) is 11.6 Å². The lowest BCUT2D eigenvalue weighted by Gasteiger charge is -2.18. The smallest absolute Gasteiger partial charge is 0.253 e. The maximum atomic E-state index is 12.1. The van der Waals surface area contributed by atoms with E-state index in [1.807, 2.05) is 46.0 Å². The molecular weight excluding hydrogens is 234 g/mol. The quantitative estimate of drug-likeness (QED) is 0.754. The van der Waals surface area contributed by atoms with Crippen molar-refractivity contribution in [1.29, 1.82) is 0 Å². The lowest BCUT2D eigenvalue weighted by Crippen LogP contribution is -2.28. The molecule has 0 spiro atoms. The van der Waals surface area contributed by atoms with E-state index in [9.17, 15) is 4.79 Å². The van der Waals surface area contributed by atoms with Crippen LogP contribution in [-0.2, 0) is 0 Å². The van der Waals surface area contributed by atoms with Crippen LogP contribution < -0.4 is 0 Å². The molecule has 0 saturated heterocycles. The van der Waals surface area contributed by atoms with Crippen molar-refractivity contribution in [3.8, 4) is 0 Å². The first kappa shape index (κ1) is 14.0. The first-order valence-electron chi connectivity index (χ1n) is 5.88. The summed E-state index contributed by atoms with van der Waals surface area (Å²) in [5, 5.41) is 0.102. The molecule has 17 heavy (non-hydrogen) atoms. The average Bonchev–Trinajstić information content (AvgIpc) is 2.28. The van der Waals surface area contributed by atoms with Gasteiger partial charge in [0.2, 0.25) is 0 Å². The molecule has 0 aliphatic rings. The number of hydrogen-bond acceptors (Lipinski definition) is 1. The third-order valence-corrected chi connectivity index (χ3v) is 3.18. The largest absolute Gasteiger partial charge is 0.342 e. The van der Waals surface area contributed by atoms with Gasteiger partial charge in [0.15, 0.2) is 0 Å². The molecule has 1 amide bonds. The number of carbonyl (C=O) groups excluding carboxylic acids is 1. The fraction of sp³-hybridized carbons (Fsp3) is 0.500. The fourth-order valence-electron chi connectivity index (χ4n) is 1.57. The van der Waals surface area contributed by atoms with Crippen molar-refractivity contribution in [1.82, 2.24) is 4.90 Å². The number of nitrogens with zero attached hydrogens (tertiary/aromatic N) is 1. The van der Waals surface area contributed by atoms with Crippen LogP contribution in [0, 0.1) is 13.8 Å². The van der Waals surface area contributed by atoms with E-state index >= 15 is 0 Å². The second-order valence-corrected chi connectivity index (χ2v) is 5.34. The Balaban J connectivity index is 2.71. The molecular formula is C14H20ClNO. The summed E-state index contributed by atoms with van der Waals surface area (Å²) in [6.07, 6.45) is 0.814. The van der Waals surface area contributed by atoms with E-state index in [1.54, 1.807) is 4.90 Å². The summed E-state index contributed by atoms with van der Waals surface area (Å²) in [5.74, 6) is 0.0606. The Kier molecular flexibility index (Phi) is 5.01. The van der Waals surface area contributed by atoms with Crippen LogP contribution in [0.2, 0.25) is 0 Å². The Labute approximate surface area is 109 Å². The Morgan fingerprint density at radius 3 is 2.53 bits per heavy atom. The number of carbonyl (C=O) groups is 1. The van der Waals surface area contributed by atoms with Crippen LogP contribution in [-0.4, -0.2) is 29.8 Å². The van der Waals surface area contributed by atoms with E-state index in [0.29, 0.717) is 6.54 Å². The van der Waals surface area contributed by atoms with Crippen LogP contribution in [0.15, 0.2) is 18.2 Å². The van der Waals surface area contributed by atoms with Crippen molar-refractivity contribution in [2.24, 2.45) is 0 Å². The van der Waals surface area contributed by atoms with Crippen molar-refractivity contribution in [2.45, 2.75) is 32.6 Å². The fourth-order valence-corrected chi connectivity index (χ4v) is 1.67. The number of amides is 1. The summed E-state index contributed by atoms with van der Waals surface area (Å²) >= 11 is 5.88. The average molecular weight is 254 g/mol. The molecule has 0 aromatic heterocycles. The molecule has 0 aliphatic carbocycles. The summed E-state index contributed by atoms with van der Waals surface area (Å²) < 4.78 is 0. The minimum absolute atomic E-state index is 0.0606. The van der Waals surface area contributed by atoms with Crippen molar-refractivity contribution >= 4 is 17.5 Å². The van der Waals surface area contributed by atoms with E-state index in [-0.39, 0.29) is 11.3 Å². The number of halogens is 1. The minimum Gasteiger partial charge on any atom is -0.342 e. The van der Waals surface area contributed by atoms with E-state index in [2.05, 4.69) is 0 Å². The molecule has 0 fully saturated rings. The van der Waals surface area contributed by atoms with Gasteiger partial charge in [-0.15, -0.1) is 11.6 Å². The van der Waals surface area contributed by atoms with Gasteiger partial charge in [0, 0.05) is 24.5 Å². The number of rotatable bonds is 4. The van der Waals surface area contributed by atoms with Gasteiger partial charge in [0.05, 0.1) is 0 Å². The zero-order valence-electron chi connectivity index (χ0n) is 11.0. The number of aryl methyl sites for hydroxylation is 2. The summed E-state index contributed by atoms with van der Waals surface area (Å²) in [4.78, 5) is 13.8. The van der Waals surface area contributed by atoms with Crippen molar-refractivity contribution in [3.63, 3.8) is 0 Å². The van der Waals surface area contributed by atoms with Crippen LogP contribution in [0.25, 0.3) is 0 Å². The summed E-state index contributed by atoms with van der Waals surface area (Å²) in [5.41, 5.74) is 3.10. The van der Waals surface area contributed by atoms with Crippen LogP contribution >= 0.6 is 11.6 Å². The zero-order valence-corrected chi connectivity index (χ0v) is 11.7. The maximum absolute atomic E-state index is 12.1. The van der Waals surface area contributed by atoms with Gasteiger partial charge in [-0.2, -0.15) is 0 Å². The third kappa shape index (κ3) is 4.04. The summed E-state index contributed by atoms with van der Waals surface area (Å²) in [6.45, 7) is 6.70. The second kappa shape index (κ2) is 6.06. The van der Waals surface area contributed by atoms with Crippen LogP contribution in [0.5, 0.6) is 0 Å². The molecule has 94 valence electrons. The molecule has 1 aromatic carbocycles. The Bertz CT molecular complexity index is 401. The maximum Gasteiger partial charge on any atom is 0.253 e. The Morgan fingerprint density at radius 1 is 1.35 bits per heavy atom. The monoisotopic (exact) mass is 253 g/mol. The van der Waals surface area contributed by atoms with Crippen molar-refractivity contribution < 1.29 is 4.79 Å². The van der Waals surface area contributed by atoms with Gasteiger partial charge in [-0.05, 0) is 50.5 Å². The van der Waals surface area contributed by atoms with E-state index in [1.165, 1.54) is 5.56 Å². The number of hydrogen-bond donors (Lipinski definition) is 0. The highest BCUT2D eigenvalue weighted by Gasteiger charge is 2.12. The molecule has 1 rings (SSSR count).